The lowest BCUT2D eigenvalue weighted by molar-refractivity contribution is 0.104. The van der Waals surface area contributed by atoms with Crippen molar-refractivity contribution in [3.63, 3.8) is 0 Å². The summed E-state index contributed by atoms with van der Waals surface area (Å²) in [6, 6.07) is 0. The van der Waals surface area contributed by atoms with E-state index >= 15 is 0 Å². The maximum atomic E-state index is 3.33. The number of nitrogens with one attached hydrogen (secondary N) is 2. The van der Waals surface area contributed by atoms with Gasteiger partial charge in [-0.3, -0.25) is 4.90 Å². The second-order valence-electron chi connectivity index (χ2n) is 3.77. The van der Waals surface area contributed by atoms with E-state index in [1.54, 1.807) is 0 Å². The molecular weight excluding hydrogens is 138 g/mol. The van der Waals surface area contributed by atoms with Crippen LogP contribution in [0.5, 0.6) is 0 Å². The second-order valence-corrected chi connectivity index (χ2v) is 3.77. The van der Waals surface area contributed by atoms with E-state index in [0.29, 0.717) is 12.3 Å². The molecule has 0 radical (unpaired) electrons. The third-order valence-corrected chi connectivity index (χ3v) is 2.91. The lowest BCUT2D eigenvalue weighted by Crippen LogP contribution is -2.46. The average Bonchev–Trinajstić information content (AvgIpc) is 2.35. The molecule has 0 aromatic rings. The summed E-state index contributed by atoms with van der Waals surface area (Å²) in [6.45, 7) is 5.78. The maximum absolute atomic E-state index is 3.33. The Balaban J connectivity index is 2.07. The van der Waals surface area contributed by atoms with Gasteiger partial charge in [-0.25, -0.2) is 10.9 Å². The fourth-order valence-electron chi connectivity index (χ4n) is 2.17. The highest BCUT2D eigenvalue weighted by Crippen LogP contribution is 2.24. The molecule has 3 heteroatoms. The van der Waals surface area contributed by atoms with E-state index in [4.69, 9.17) is 0 Å². The minimum Gasteiger partial charge on any atom is -0.270 e. The first-order chi connectivity index (χ1) is 5.29. The van der Waals surface area contributed by atoms with Crippen molar-refractivity contribution in [3.8, 4) is 0 Å². The van der Waals surface area contributed by atoms with E-state index in [1.807, 2.05) is 0 Å². The Bertz CT molecular complexity index is 146. The zero-order valence-electron chi connectivity index (χ0n) is 7.30. The average molecular weight is 155 g/mol. The molecule has 11 heavy (non-hydrogen) atoms. The van der Waals surface area contributed by atoms with E-state index in [-0.39, 0.29) is 0 Å². The molecule has 2 saturated heterocycles. The number of rotatable bonds is 0. The SMILES string of the molecule is CC1CCCN2C(C)NNC12. The van der Waals surface area contributed by atoms with Crippen molar-refractivity contribution in [1.29, 1.82) is 0 Å². The third kappa shape index (κ3) is 1.17. The first-order valence-electron chi connectivity index (χ1n) is 4.56. The molecule has 3 nitrogen and oxygen atoms in total. The predicted molar refractivity (Wildman–Crippen MR) is 44.6 cm³/mol. The molecule has 0 aliphatic carbocycles. The summed E-state index contributed by atoms with van der Waals surface area (Å²) in [7, 11) is 0. The molecule has 2 N–H and O–H groups in total. The fraction of sp³-hybridized carbons (Fsp3) is 1.00. The first kappa shape index (κ1) is 7.53. The first-order valence-corrected chi connectivity index (χ1v) is 4.56. The van der Waals surface area contributed by atoms with Crippen LogP contribution >= 0.6 is 0 Å². The monoisotopic (exact) mass is 155 g/mol. The maximum Gasteiger partial charge on any atom is 0.0768 e. The Morgan fingerprint density at radius 1 is 1.27 bits per heavy atom. The third-order valence-electron chi connectivity index (χ3n) is 2.91. The summed E-state index contributed by atoms with van der Waals surface area (Å²) in [5.41, 5.74) is 6.60. The van der Waals surface area contributed by atoms with E-state index < -0.39 is 0 Å². The predicted octanol–water partition coefficient (Wildman–Crippen LogP) is 0.498. The van der Waals surface area contributed by atoms with Crippen LogP contribution in [0.15, 0.2) is 0 Å². The van der Waals surface area contributed by atoms with Gasteiger partial charge in [-0.05, 0) is 25.7 Å². The largest absolute Gasteiger partial charge is 0.270 e. The van der Waals surface area contributed by atoms with Crippen LogP contribution in [-0.4, -0.2) is 23.8 Å². The van der Waals surface area contributed by atoms with E-state index in [9.17, 15) is 0 Å². The lowest BCUT2D eigenvalue weighted by Gasteiger charge is -2.35. The van der Waals surface area contributed by atoms with Gasteiger partial charge < -0.3 is 0 Å². The molecule has 2 aliphatic rings. The van der Waals surface area contributed by atoms with Crippen LogP contribution < -0.4 is 10.9 Å². The van der Waals surface area contributed by atoms with Gasteiger partial charge in [-0.1, -0.05) is 6.92 Å². The summed E-state index contributed by atoms with van der Waals surface area (Å²) >= 11 is 0. The van der Waals surface area contributed by atoms with Crippen molar-refractivity contribution < 1.29 is 0 Å². The Hall–Kier alpha value is -0.120. The van der Waals surface area contributed by atoms with Gasteiger partial charge in [0.1, 0.15) is 0 Å². The summed E-state index contributed by atoms with van der Waals surface area (Å²) in [4.78, 5) is 2.51. The van der Waals surface area contributed by atoms with Gasteiger partial charge in [0.25, 0.3) is 0 Å². The number of fused-ring (bicyclic) bond motifs is 1. The molecule has 0 bridgehead atoms. The summed E-state index contributed by atoms with van der Waals surface area (Å²) in [6.07, 6.45) is 3.81. The van der Waals surface area contributed by atoms with Crippen molar-refractivity contribution in [3.05, 3.63) is 0 Å². The van der Waals surface area contributed by atoms with Gasteiger partial charge >= 0.3 is 0 Å². The van der Waals surface area contributed by atoms with Gasteiger partial charge in [-0.2, -0.15) is 0 Å². The molecule has 0 aromatic carbocycles. The van der Waals surface area contributed by atoms with E-state index in [1.165, 1.54) is 19.4 Å². The summed E-state index contributed by atoms with van der Waals surface area (Å²) < 4.78 is 0. The van der Waals surface area contributed by atoms with Gasteiger partial charge in [-0.15, -0.1) is 0 Å². The molecular formula is C8H17N3. The van der Waals surface area contributed by atoms with E-state index in [2.05, 4.69) is 29.6 Å². The second kappa shape index (κ2) is 2.73. The molecule has 2 aliphatic heterocycles. The normalized spacial score (nSPS) is 45.8. The quantitative estimate of drug-likeness (QED) is 0.533. The van der Waals surface area contributed by atoms with Crippen LogP contribution in [-0.2, 0) is 0 Å². The van der Waals surface area contributed by atoms with Crippen LogP contribution in [0.4, 0.5) is 0 Å². The van der Waals surface area contributed by atoms with Gasteiger partial charge in [0.2, 0.25) is 0 Å². The van der Waals surface area contributed by atoms with E-state index in [0.717, 1.165) is 5.92 Å². The molecule has 64 valence electrons. The Labute approximate surface area is 68.1 Å². The zero-order chi connectivity index (χ0) is 7.84. The molecule has 0 saturated carbocycles. The zero-order valence-corrected chi connectivity index (χ0v) is 7.30. The molecule has 0 aromatic heterocycles. The summed E-state index contributed by atoms with van der Waals surface area (Å²) in [5.74, 6) is 0.793. The Kier molecular flexibility index (Phi) is 1.87. The van der Waals surface area contributed by atoms with Crippen molar-refractivity contribution in [2.45, 2.75) is 39.0 Å². The molecule has 3 atom stereocenters. The van der Waals surface area contributed by atoms with Crippen LogP contribution in [0.2, 0.25) is 0 Å². The smallest absolute Gasteiger partial charge is 0.0768 e. The van der Waals surface area contributed by atoms with Crippen molar-refractivity contribution in [2.75, 3.05) is 6.54 Å². The minimum absolute atomic E-state index is 0.516. The number of piperidine rings is 1. The number of hydrogen-bond acceptors (Lipinski definition) is 3. The van der Waals surface area contributed by atoms with Gasteiger partial charge in [0, 0.05) is 6.54 Å². The fourth-order valence-corrected chi connectivity index (χ4v) is 2.17. The Morgan fingerprint density at radius 2 is 2.09 bits per heavy atom. The van der Waals surface area contributed by atoms with Gasteiger partial charge in [0.15, 0.2) is 0 Å². The molecule has 2 heterocycles. The van der Waals surface area contributed by atoms with Crippen LogP contribution in [0.25, 0.3) is 0 Å². The molecule has 2 rings (SSSR count). The topological polar surface area (TPSA) is 27.3 Å². The number of hydrazine groups is 1. The van der Waals surface area contributed by atoms with Crippen molar-refractivity contribution >= 4 is 0 Å². The van der Waals surface area contributed by atoms with Gasteiger partial charge in [0.05, 0.1) is 12.3 Å². The van der Waals surface area contributed by atoms with Crippen LogP contribution in [0.3, 0.4) is 0 Å². The standard InChI is InChI=1S/C8H17N3/c1-6-4-3-5-11-7(2)9-10-8(6)11/h6-10H,3-5H2,1-2H3. The van der Waals surface area contributed by atoms with Crippen LogP contribution in [0, 0.1) is 5.92 Å². The Morgan fingerprint density at radius 3 is 2.82 bits per heavy atom. The number of nitrogens with zero attached hydrogens (tertiary/aromatic N) is 1. The highest BCUT2D eigenvalue weighted by atomic mass is 15.6. The molecule has 0 spiro atoms. The van der Waals surface area contributed by atoms with Crippen molar-refractivity contribution in [2.24, 2.45) is 5.92 Å². The molecule has 2 fully saturated rings. The van der Waals surface area contributed by atoms with Crippen LogP contribution in [0.1, 0.15) is 26.7 Å². The highest BCUT2D eigenvalue weighted by Gasteiger charge is 2.35. The lowest BCUT2D eigenvalue weighted by atomic mass is 9.97. The van der Waals surface area contributed by atoms with Crippen molar-refractivity contribution in [1.82, 2.24) is 15.8 Å². The molecule has 3 unspecified atom stereocenters. The summed E-state index contributed by atoms with van der Waals surface area (Å²) in [5, 5.41) is 0. The number of hydrogen-bond donors (Lipinski definition) is 2. The minimum atomic E-state index is 0.516. The molecule has 0 amide bonds. The highest BCUT2D eigenvalue weighted by molar-refractivity contribution is 4.85.